The lowest BCUT2D eigenvalue weighted by Gasteiger charge is -2.23. The lowest BCUT2D eigenvalue weighted by molar-refractivity contribution is 0.395. The molecule has 0 aromatic heterocycles. The normalized spacial score (nSPS) is 17.5. The topological polar surface area (TPSA) is 74.2 Å². The minimum atomic E-state index is -3.06. The van der Waals surface area contributed by atoms with Crippen LogP contribution in [0.15, 0.2) is 29.3 Å². The second-order valence-electron chi connectivity index (χ2n) is 5.97. The van der Waals surface area contributed by atoms with E-state index in [0.717, 1.165) is 23.8 Å². The fourth-order valence-electron chi connectivity index (χ4n) is 2.84. The SMILES string of the molecule is CCNC(=NCCN1CCCS1(=O)=O)N(C)Cc1ccccc1OC. The zero-order valence-electron chi connectivity index (χ0n) is 15.2. The average molecular weight is 369 g/mol. The fraction of sp³-hybridized carbons (Fsp3) is 0.588. The van der Waals surface area contributed by atoms with Gasteiger partial charge in [0, 0.05) is 38.8 Å². The molecular weight excluding hydrogens is 340 g/mol. The lowest BCUT2D eigenvalue weighted by Crippen LogP contribution is -2.39. The molecule has 140 valence electrons. The number of rotatable bonds is 7. The summed E-state index contributed by atoms with van der Waals surface area (Å²) in [6.07, 6.45) is 0.708. The number of guanidine groups is 1. The second kappa shape index (κ2) is 9.05. The third kappa shape index (κ3) is 5.34. The van der Waals surface area contributed by atoms with E-state index in [1.807, 2.05) is 43.1 Å². The van der Waals surface area contributed by atoms with Crippen LogP contribution < -0.4 is 10.1 Å². The van der Waals surface area contributed by atoms with Crippen LogP contribution in [0.25, 0.3) is 0 Å². The van der Waals surface area contributed by atoms with Gasteiger partial charge in [-0.25, -0.2) is 12.7 Å². The zero-order valence-corrected chi connectivity index (χ0v) is 16.1. The Balaban J connectivity index is 2.00. The van der Waals surface area contributed by atoms with E-state index in [4.69, 9.17) is 4.74 Å². The molecule has 1 N–H and O–H groups in total. The molecular formula is C17H28N4O3S. The first-order valence-electron chi connectivity index (χ1n) is 8.57. The summed E-state index contributed by atoms with van der Waals surface area (Å²) in [5, 5.41) is 3.25. The van der Waals surface area contributed by atoms with Crippen LogP contribution in [0.4, 0.5) is 0 Å². The lowest BCUT2D eigenvalue weighted by atomic mass is 10.2. The second-order valence-corrected chi connectivity index (χ2v) is 8.06. The van der Waals surface area contributed by atoms with Crippen LogP contribution in [-0.2, 0) is 16.6 Å². The Bertz CT molecular complexity index is 691. The Morgan fingerprint density at radius 3 is 2.80 bits per heavy atom. The van der Waals surface area contributed by atoms with Crippen molar-refractivity contribution in [2.75, 3.05) is 46.1 Å². The summed E-state index contributed by atoms with van der Waals surface area (Å²) in [7, 11) is 0.559. The van der Waals surface area contributed by atoms with Crippen LogP contribution in [0.3, 0.4) is 0 Å². The number of para-hydroxylation sites is 1. The van der Waals surface area contributed by atoms with Crippen molar-refractivity contribution in [3.05, 3.63) is 29.8 Å². The molecule has 2 rings (SSSR count). The van der Waals surface area contributed by atoms with Gasteiger partial charge < -0.3 is 15.0 Å². The van der Waals surface area contributed by atoms with E-state index in [9.17, 15) is 8.42 Å². The van der Waals surface area contributed by atoms with Gasteiger partial charge in [0.25, 0.3) is 0 Å². The van der Waals surface area contributed by atoms with Gasteiger partial charge >= 0.3 is 0 Å². The largest absolute Gasteiger partial charge is 0.496 e. The molecule has 0 atom stereocenters. The molecule has 0 spiro atoms. The van der Waals surface area contributed by atoms with Gasteiger partial charge in [-0.2, -0.15) is 0 Å². The molecule has 1 heterocycles. The molecule has 1 aromatic rings. The van der Waals surface area contributed by atoms with Crippen molar-refractivity contribution < 1.29 is 13.2 Å². The Morgan fingerprint density at radius 2 is 2.16 bits per heavy atom. The van der Waals surface area contributed by atoms with E-state index in [1.54, 1.807) is 7.11 Å². The first-order valence-corrected chi connectivity index (χ1v) is 10.2. The predicted molar refractivity (Wildman–Crippen MR) is 100 cm³/mol. The van der Waals surface area contributed by atoms with Crippen LogP contribution >= 0.6 is 0 Å². The molecule has 0 amide bonds. The van der Waals surface area contributed by atoms with Crippen molar-refractivity contribution in [3.8, 4) is 5.75 Å². The highest BCUT2D eigenvalue weighted by atomic mass is 32.2. The number of aliphatic imine (C=N–C) groups is 1. The summed E-state index contributed by atoms with van der Waals surface area (Å²) in [4.78, 5) is 6.59. The van der Waals surface area contributed by atoms with E-state index >= 15 is 0 Å². The van der Waals surface area contributed by atoms with Crippen molar-refractivity contribution in [2.45, 2.75) is 19.9 Å². The highest BCUT2D eigenvalue weighted by molar-refractivity contribution is 7.89. The molecule has 0 bridgehead atoms. The molecule has 1 fully saturated rings. The molecule has 0 unspecified atom stereocenters. The van der Waals surface area contributed by atoms with Gasteiger partial charge in [0.2, 0.25) is 10.0 Å². The minimum Gasteiger partial charge on any atom is -0.496 e. The molecule has 25 heavy (non-hydrogen) atoms. The van der Waals surface area contributed by atoms with Gasteiger partial charge in [-0.15, -0.1) is 0 Å². The number of nitrogens with one attached hydrogen (secondary N) is 1. The number of nitrogens with zero attached hydrogens (tertiary/aromatic N) is 3. The molecule has 7 nitrogen and oxygen atoms in total. The number of ether oxygens (including phenoxy) is 1. The maximum atomic E-state index is 11.8. The number of hydrogen-bond acceptors (Lipinski definition) is 4. The minimum absolute atomic E-state index is 0.254. The summed E-state index contributed by atoms with van der Waals surface area (Å²) in [5.74, 6) is 1.85. The molecule has 0 radical (unpaired) electrons. The summed E-state index contributed by atoms with van der Waals surface area (Å²) in [6.45, 7) is 4.88. The van der Waals surface area contributed by atoms with Gasteiger partial charge in [0.15, 0.2) is 5.96 Å². The van der Waals surface area contributed by atoms with Crippen molar-refractivity contribution in [1.82, 2.24) is 14.5 Å². The van der Waals surface area contributed by atoms with Crippen molar-refractivity contribution in [1.29, 1.82) is 0 Å². The molecule has 0 saturated carbocycles. The monoisotopic (exact) mass is 368 g/mol. The van der Waals surface area contributed by atoms with E-state index in [0.29, 0.717) is 32.6 Å². The van der Waals surface area contributed by atoms with E-state index in [2.05, 4.69) is 10.3 Å². The van der Waals surface area contributed by atoms with Crippen LogP contribution in [0.5, 0.6) is 5.75 Å². The summed E-state index contributed by atoms with van der Waals surface area (Å²) >= 11 is 0. The highest BCUT2D eigenvalue weighted by Gasteiger charge is 2.27. The standard InChI is InChI=1S/C17H28N4O3S/c1-4-18-17(19-10-12-21-11-7-13-25(21,22)23)20(2)14-15-8-5-6-9-16(15)24-3/h5-6,8-9H,4,7,10-14H2,1-3H3,(H,18,19). The quantitative estimate of drug-likeness (QED) is 0.577. The van der Waals surface area contributed by atoms with Gasteiger partial charge in [0.1, 0.15) is 5.75 Å². The zero-order chi connectivity index (χ0) is 18.3. The van der Waals surface area contributed by atoms with E-state index in [1.165, 1.54) is 4.31 Å². The molecule has 1 aromatic carbocycles. The van der Waals surface area contributed by atoms with Crippen molar-refractivity contribution in [3.63, 3.8) is 0 Å². The van der Waals surface area contributed by atoms with Gasteiger partial charge in [-0.05, 0) is 19.4 Å². The Morgan fingerprint density at radius 1 is 1.40 bits per heavy atom. The third-order valence-electron chi connectivity index (χ3n) is 4.11. The number of sulfonamides is 1. The Kier molecular flexibility index (Phi) is 7.07. The first-order chi connectivity index (χ1) is 12.0. The predicted octanol–water partition coefficient (Wildman–Crippen LogP) is 1.13. The van der Waals surface area contributed by atoms with Crippen LogP contribution in [0, 0.1) is 0 Å². The smallest absolute Gasteiger partial charge is 0.214 e. The average Bonchev–Trinajstić information content (AvgIpc) is 2.93. The number of benzene rings is 1. The Hall–Kier alpha value is -1.80. The Labute approximate surface area is 150 Å². The van der Waals surface area contributed by atoms with Crippen LogP contribution in [0.1, 0.15) is 18.9 Å². The first kappa shape index (κ1) is 19.5. The molecule has 1 saturated heterocycles. The van der Waals surface area contributed by atoms with E-state index in [-0.39, 0.29) is 5.75 Å². The summed E-state index contributed by atoms with van der Waals surface area (Å²) < 4.78 is 30.6. The molecule has 1 aliphatic rings. The van der Waals surface area contributed by atoms with Crippen LogP contribution in [0.2, 0.25) is 0 Å². The number of methoxy groups -OCH3 is 1. The van der Waals surface area contributed by atoms with Crippen molar-refractivity contribution >= 4 is 16.0 Å². The number of hydrogen-bond donors (Lipinski definition) is 1. The maximum Gasteiger partial charge on any atom is 0.214 e. The molecule has 8 heteroatoms. The molecule has 0 aliphatic carbocycles. The van der Waals surface area contributed by atoms with Gasteiger partial charge in [0.05, 0.1) is 19.4 Å². The maximum absolute atomic E-state index is 11.8. The van der Waals surface area contributed by atoms with E-state index < -0.39 is 10.0 Å². The van der Waals surface area contributed by atoms with Gasteiger partial charge in [-0.3, -0.25) is 4.99 Å². The summed E-state index contributed by atoms with van der Waals surface area (Å²) in [6, 6.07) is 7.88. The molecule has 1 aliphatic heterocycles. The highest BCUT2D eigenvalue weighted by Crippen LogP contribution is 2.18. The fourth-order valence-corrected chi connectivity index (χ4v) is 4.36. The van der Waals surface area contributed by atoms with Gasteiger partial charge in [-0.1, -0.05) is 18.2 Å². The van der Waals surface area contributed by atoms with Crippen LogP contribution in [-0.4, -0.2) is 69.7 Å². The summed E-state index contributed by atoms with van der Waals surface area (Å²) in [5.41, 5.74) is 1.07. The third-order valence-corrected chi connectivity index (χ3v) is 6.07. The van der Waals surface area contributed by atoms with Crippen molar-refractivity contribution in [2.24, 2.45) is 4.99 Å².